The Morgan fingerprint density at radius 3 is 2.89 bits per heavy atom. The molecule has 19 heavy (non-hydrogen) atoms. The number of likely N-dealkylation sites (tertiary alicyclic amines) is 1. The molecular formula is C13H18N2O4. The van der Waals surface area contributed by atoms with Crippen molar-refractivity contribution >= 4 is 17.8 Å². The average molecular weight is 266 g/mol. The molecule has 0 aromatic heterocycles. The highest BCUT2D eigenvalue weighted by Gasteiger charge is 2.20. The molecule has 1 fully saturated rings. The SMILES string of the molecule is C#CCNC(=O)COC(=O)CN1CCCCCC1=O. The standard InChI is InChI=1S/C13H18N2O4/c1-2-7-14-11(16)10-19-13(18)9-15-8-5-3-4-6-12(15)17/h1H,3-10H2,(H,14,16). The van der Waals surface area contributed by atoms with Gasteiger partial charge in [-0.3, -0.25) is 14.4 Å². The second-order valence-corrected chi connectivity index (χ2v) is 4.27. The lowest BCUT2D eigenvalue weighted by molar-refractivity contribution is -0.152. The van der Waals surface area contributed by atoms with E-state index in [2.05, 4.69) is 11.2 Å². The first-order valence-corrected chi connectivity index (χ1v) is 6.27. The molecule has 1 heterocycles. The van der Waals surface area contributed by atoms with E-state index in [1.165, 1.54) is 4.90 Å². The Kier molecular flexibility index (Phi) is 6.44. The molecule has 0 radical (unpaired) electrons. The lowest BCUT2D eigenvalue weighted by Gasteiger charge is -2.19. The summed E-state index contributed by atoms with van der Waals surface area (Å²) in [5.41, 5.74) is 0. The Balaban J connectivity index is 2.28. The van der Waals surface area contributed by atoms with Crippen molar-refractivity contribution in [1.82, 2.24) is 10.2 Å². The van der Waals surface area contributed by atoms with Crippen molar-refractivity contribution in [3.63, 3.8) is 0 Å². The zero-order valence-electron chi connectivity index (χ0n) is 10.8. The van der Waals surface area contributed by atoms with E-state index in [-0.39, 0.29) is 25.6 Å². The van der Waals surface area contributed by atoms with Gasteiger partial charge in [0.15, 0.2) is 6.61 Å². The van der Waals surface area contributed by atoms with Gasteiger partial charge >= 0.3 is 5.97 Å². The molecule has 0 aliphatic carbocycles. The van der Waals surface area contributed by atoms with Crippen LogP contribution in [0.15, 0.2) is 0 Å². The number of esters is 1. The van der Waals surface area contributed by atoms with Crippen molar-refractivity contribution in [2.45, 2.75) is 25.7 Å². The lowest BCUT2D eigenvalue weighted by atomic mass is 10.2. The molecule has 0 atom stereocenters. The van der Waals surface area contributed by atoms with E-state index in [0.717, 1.165) is 19.3 Å². The van der Waals surface area contributed by atoms with Gasteiger partial charge in [0, 0.05) is 13.0 Å². The summed E-state index contributed by atoms with van der Waals surface area (Å²) in [7, 11) is 0. The van der Waals surface area contributed by atoms with Crippen LogP contribution in [0.2, 0.25) is 0 Å². The first kappa shape index (κ1) is 15.0. The number of rotatable bonds is 5. The fraction of sp³-hybridized carbons (Fsp3) is 0.615. The van der Waals surface area contributed by atoms with Crippen LogP contribution in [-0.2, 0) is 19.1 Å². The fourth-order valence-corrected chi connectivity index (χ4v) is 1.75. The third-order valence-electron chi connectivity index (χ3n) is 2.74. The van der Waals surface area contributed by atoms with Gasteiger partial charge in [-0.1, -0.05) is 12.3 Å². The molecule has 0 aromatic rings. The predicted molar refractivity (Wildman–Crippen MR) is 67.8 cm³/mol. The van der Waals surface area contributed by atoms with E-state index < -0.39 is 11.9 Å². The van der Waals surface area contributed by atoms with Crippen molar-refractivity contribution in [2.75, 3.05) is 26.2 Å². The smallest absolute Gasteiger partial charge is 0.326 e. The molecule has 6 nitrogen and oxygen atoms in total. The minimum absolute atomic E-state index is 0.0359. The first-order valence-electron chi connectivity index (χ1n) is 6.27. The van der Waals surface area contributed by atoms with Gasteiger partial charge in [-0.15, -0.1) is 6.42 Å². The summed E-state index contributed by atoms with van der Waals surface area (Å²) in [6, 6.07) is 0. The molecule has 1 rings (SSSR count). The summed E-state index contributed by atoms with van der Waals surface area (Å²) in [5.74, 6) is 1.18. The van der Waals surface area contributed by atoms with E-state index >= 15 is 0 Å². The number of carbonyl (C=O) groups is 3. The summed E-state index contributed by atoms with van der Waals surface area (Å²) in [6.07, 6.45) is 8.18. The zero-order valence-corrected chi connectivity index (χ0v) is 10.8. The maximum absolute atomic E-state index is 11.6. The van der Waals surface area contributed by atoms with Crippen molar-refractivity contribution < 1.29 is 19.1 Å². The monoisotopic (exact) mass is 266 g/mol. The normalized spacial score (nSPS) is 15.3. The van der Waals surface area contributed by atoms with Crippen LogP contribution >= 0.6 is 0 Å². The maximum atomic E-state index is 11.6. The number of hydrogen-bond acceptors (Lipinski definition) is 4. The van der Waals surface area contributed by atoms with Crippen LogP contribution in [0, 0.1) is 12.3 Å². The van der Waals surface area contributed by atoms with E-state index in [9.17, 15) is 14.4 Å². The average Bonchev–Trinajstić information content (AvgIpc) is 2.59. The first-order chi connectivity index (χ1) is 9.13. The van der Waals surface area contributed by atoms with Gasteiger partial charge in [-0.05, 0) is 12.8 Å². The highest BCUT2D eigenvalue weighted by Crippen LogP contribution is 2.10. The number of carbonyl (C=O) groups excluding carboxylic acids is 3. The molecule has 1 saturated heterocycles. The summed E-state index contributed by atoms with van der Waals surface area (Å²) in [5, 5.41) is 2.38. The van der Waals surface area contributed by atoms with Gasteiger partial charge in [0.25, 0.3) is 5.91 Å². The molecule has 0 unspecified atom stereocenters. The number of hydrogen-bond donors (Lipinski definition) is 1. The third-order valence-corrected chi connectivity index (χ3v) is 2.74. The Labute approximate surface area is 112 Å². The highest BCUT2D eigenvalue weighted by molar-refractivity contribution is 5.84. The Hall–Kier alpha value is -2.03. The van der Waals surface area contributed by atoms with Gasteiger partial charge in [0.05, 0.1) is 6.54 Å². The number of amides is 2. The van der Waals surface area contributed by atoms with Crippen LogP contribution in [0.1, 0.15) is 25.7 Å². The molecule has 2 amide bonds. The molecular weight excluding hydrogens is 248 g/mol. The summed E-state index contributed by atoms with van der Waals surface area (Å²) < 4.78 is 4.78. The molecule has 1 aliphatic rings. The third kappa shape index (κ3) is 5.91. The number of nitrogens with one attached hydrogen (secondary N) is 1. The molecule has 1 N–H and O–H groups in total. The molecule has 104 valence electrons. The van der Waals surface area contributed by atoms with Crippen molar-refractivity contribution in [3.05, 3.63) is 0 Å². The van der Waals surface area contributed by atoms with E-state index in [4.69, 9.17) is 11.2 Å². The van der Waals surface area contributed by atoms with E-state index in [1.54, 1.807) is 0 Å². The van der Waals surface area contributed by atoms with Crippen LogP contribution in [0.5, 0.6) is 0 Å². The van der Waals surface area contributed by atoms with Crippen LogP contribution < -0.4 is 5.32 Å². The summed E-state index contributed by atoms with van der Waals surface area (Å²) >= 11 is 0. The maximum Gasteiger partial charge on any atom is 0.326 e. The second kappa shape index (κ2) is 8.14. The minimum atomic E-state index is -0.578. The quantitative estimate of drug-likeness (QED) is 0.546. The number of nitrogens with zero attached hydrogens (tertiary/aromatic N) is 1. The molecule has 0 bridgehead atoms. The molecule has 0 aromatic carbocycles. The van der Waals surface area contributed by atoms with Crippen LogP contribution in [0.3, 0.4) is 0 Å². The molecule has 0 saturated carbocycles. The molecule has 6 heteroatoms. The van der Waals surface area contributed by atoms with Crippen molar-refractivity contribution in [2.24, 2.45) is 0 Å². The summed E-state index contributed by atoms with van der Waals surface area (Å²) in [6.45, 7) is 0.196. The Morgan fingerprint density at radius 2 is 2.16 bits per heavy atom. The molecule has 0 spiro atoms. The van der Waals surface area contributed by atoms with Gasteiger partial charge in [-0.2, -0.15) is 0 Å². The lowest BCUT2D eigenvalue weighted by Crippen LogP contribution is -2.37. The summed E-state index contributed by atoms with van der Waals surface area (Å²) in [4.78, 5) is 35.8. The minimum Gasteiger partial charge on any atom is -0.454 e. The topological polar surface area (TPSA) is 75.7 Å². The van der Waals surface area contributed by atoms with Crippen LogP contribution in [0.4, 0.5) is 0 Å². The Morgan fingerprint density at radius 1 is 1.37 bits per heavy atom. The van der Waals surface area contributed by atoms with Gasteiger partial charge < -0.3 is 15.0 Å². The van der Waals surface area contributed by atoms with Gasteiger partial charge in [0.2, 0.25) is 5.91 Å². The largest absolute Gasteiger partial charge is 0.454 e. The van der Waals surface area contributed by atoms with Crippen molar-refractivity contribution in [3.8, 4) is 12.3 Å². The Bertz CT molecular complexity index is 387. The number of terminal acetylenes is 1. The van der Waals surface area contributed by atoms with Crippen LogP contribution in [-0.4, -0.2) is 48.9 Å². The zero-order chi connectivity index (χ0) is 14.1. The van der Waals surface area contributed by atoms with Crippen LogP contribution in [0.25, 0.3) is 0 Å². The van der Waals surface area contributed by atoms with Gasteiger partial charge in [-0.25, -0.2) is 0 Å². The van der Waals surface area contributed by atoms with Crippen molar-refractivity contribution in [1.29, 1.82) is 0 Å². The van der Waals surface area contributed by atoms with E-state index in [0.29, 0.717) is 13.0 Å². The molecule has 1 aliphatic heterocycles. The second-order valence-electron chi connectivity index (χ2n) is 4.27. The van der Waals surface area contributed by atoms with Gasteiger partial charge in [0.1, 0.15) is 6.54 Å². The fourth-order valence-electron chi connectivity index (χ4n) is 1.75. The highest BCUT2D eigenvalue weighted by atomic mass is 16.5. The van der Waals surface area contributed by atoms with E-state index in [1.807, 2.05) is 0 Å². The number of ether oxygens (including phenoxy) is 1. The predicted octanol–water partition coefficient (Wildman–Crippen LogP) is -0.318.